The number of carbonyl (C=O) groups excluding carboxylic acids is 1. The molecule has 1 aromatic carbocycles. The van der Waals surface area contributed by atoms with Crippen molar-refractivity contribution in [2.24, 2.45) is 5.92 Å². The third-order valence-electron chi connectivity index (χ3n) is 4.61. The van der Waals surface area contributed by atoms with Crippen LogP contribution < -0.4 is 0 Å². The van der Waals surface area contributed by atoms with E-state index in [2.05, 4.69) is 21.0 Å². The van der Waals surface area contributed by atoms with E-state index < -0.39 is 10.9 Å². The molecule has 1 aromatic heterocycles. The number of nitro groups is 1. The standard InChI is InChI=1S/C18H20BrN3O5/c1-3-27-18(23)14-9-20-21(15-6-7-26-10-11(15)2)17(14)13-5-4-12(19)8-16(13)22(24)25/h4-5,8-9,11,15H,3,6-7,10H2,1-2H3. The highest BCUT2D eigenvalue weighted by Crippen LogP contribution is 2.38. The number of aromatic nitrogens is 2. The summed E-state index contributed by atoms with van der Waals surface area (Å²) in [6, 6.07) is 4.74. The van der Waals surface area contributed by atoms with Crippen molar-refractivity contribution < 1.29 is 19.2 Å². The summed E-state index contributed by atoms with van der Waals surface area (Å²) < 4.78 is 13.0. The lowest BCUT2D eigenvalue weighted by atomic mass is 9.96. The zero-order valence-electron chi connectivity index (χ0n) is 15.1. The molecule has 1 aliphatic heterocycles. The molecule has 0 amide bonds. The summed E-state index contributed by atoms with van der Waals surface area (Å²) in [7, 11) is 0. The van der Waals surface area contributed by atoms with Crippen LogP contribution in [0.4, 0.5) is 5.69 Å². The van der Waals surface area contributed by atoms with E-state index in [0.717, 1.165) is 0 Å². The molecular formula is C18H20BrN3O5. The number of ether oxygens (including phenoxy) is 2. The Kier molecular flexibility index (Phi) is 5.91. The number of nitrogens with zero attached hydrogens (tertiary/aromatic N) is 3. The lowest BCUT2D eigenvalue weighted by Crippen LogP contribution is -2.29. The van der Waals surface area contributed by atoms with Crippen molar-refractivity contribution >= 4 is 27.6 Å². The molecule has 1 saturated heterocycles. The fourth-order valence-corrected chi connectivity index (χ4v) is 3.68. The summed E-state index contributed by atoms with van der Waals surface area (Å²) in [5.41, 5.74) is 0.867. The van der Waals surface area contributed by atoms with Gasteiger partial charge in [-0.3, -0.25) is 14.8 Å². The number of carbonyl (C=O) groups is 1. The third kappa shape index (κ3) is 3.89. The highest BCUT2D eigenvalue weighted by molar-refractivity contribution is 9.10. The number of hydrogen-bond donors (Lipinski definition) is 0. The second-order valence-corrected chi connectivity index (χ2v) is 7.31. The van der Waals surface area contributed by atoms with E-state index in [0.29, 0.717) is 35.4 Å². The van der Waals surface area contributed by atoms with E-state index in [9.17, 15) is 14.9 Å². The van der Waals surface area contributed by atoms with E-state index in [4.69, 9.17) is 9.47 Å². The fourth-order valence-electron chi connectivity index (χ4n) is 3.33. The van der Waals surface area contributed by atoms with Crippen LogP contribution in [0, 0.1) is 16.0 Å². The summed E-state index contributed by atoms with van der Waals surface area (Å²) in [4.78, 5) is 23.7. The van der Waals surface area contributed by atoms with Crippen LogP contribution in [0.5, 0.6) is 0 Å². The Morgan fingerprint density at radius 3 is 2.96 bits per heavy atom. The first-order valence-corrected chi connectivity index (χ1v) is 9.50. The third-order valence-corrected chi connectivity index (χ3v) is 5.11. The van der Waals surface area contributed by atoms with Crippen molar-refractivity contribution in [1.82, 2.24) is 9.78 Å². The Morgan fingerprint density at radius 2 is 2.30 bits per heavy atom. The van der Waals surface area contributed by atoms with Gasteiger partial charge < -0.3 is 9.47 Å². The summed E-state index contributed by atoms with van der Waals surface area (Å²) in [6.07, 6.45) is 2.14. The molecule has 0 radical (unpaired) electrons. The van der Waals surface area contributed by atoms with Gasteiger partial charge in [-0.15, -0.1) is 0 Å². The van der Waals surface area contributed by atoms with Gasteiger partial charge in [0.25, 0.3) is 5.69 Å². The number of esters is 1. The predicted octanol–water partition coefficient (Wildman–Crippen LogP) is 4.00. The van der Waals surface area contributed by atoms with Crippen LogP contribution in [0.1, 0.15) is 36.7 Å². The first-order valence-electron chi connectivity index (χ1n) is 8.70. The van der Waals surface area contributed by atoms with E-state index in [-0.39, 0.29) is 29.8 Å². The molecule has 9 heteroatoms. The van der Waals surface area contributed by atoms with E-state index in [1.165, 1.54) is 12.3 Å². The molecule has 0 aliphatic carbocycles. The maximum Gasteiger partial charge on any atom is 0.341 e. The van der Waals surface area contributed by atoms with Gasteiger partial charge in [0.2, 0.25) is 0 Å². The van der Waals surface area contributed by atoms with Crippen molar-refractivity contribution in [1.29, 1.82) is 0 Å². The van der Waals surface area contributed by atoms with Crippen molar-refractivity contribution in [3.05, 3.63) is 44.5 Å². The van der Waals surface area contributed by atoms with Gasteiger partial charge in [-0.25, -0.2) is 4.79 Å². The molecule has 8 nitrogen and oxygen atoms in total. The Morgan fingerprint density at radius 1 is 1.52 bits per heavy atom. The molecular weight excluding hydrogens is 418 g/mol. The Labute approximate surface area is 164 Å². The molecule has 2 heterocycles. The molecule has 0 N–H and O–H groups in total. The number of benzene rings is 1. The second kappa shape index (κ2) is 8.18. The fraction of sp³-hybridized carbons (Fsp3) is 0.444. The SMILES string of the molecule is CCOC(=O)c1cnn(C2CCOCC2C)c1-c1ccc(Br)cc1[N+](=O)[O-]. The number of nitro benzene ring substituents is 1. The molecule has 2 unspecified atom stereocenters. The van der Waals surface area contributed by atoms with Crippen LogP contribution in [0.3, 0.4) is 0 Å². The molecule has 3 rings (SSSR count). The maximum absolute atomic E-state index is 12.5. The van der Waals surface area contributed by atoms with Crippen molar-refractivity contribution in [3.63, 3.8) is 0 Å². The molecule has 1 fully saturated rings. The Balaban J connectivity index is 2.21. The molecule has 0 spiro atoms. The van der Waals surface area contributed by atoms with E-state index in [1.807, 2.05) is 6.92 Å². The van der Waals surface area contributed by atoms with Crippen LogP contribution in [0.25, 0.3) is 11.3 Å². The van der Waals surface area contributed by atoms with Crippen molar-refractivity contribution in [2.45, 2.75) is 26.3 Å². The van der Waals surface area contributed by atoms with Gasteiger partial charge >= 0.3 is 5.97 Å². The smallest absolute Gasteiger partial charge is 0.341 e. The maximum atomic E-state index is 12.5. The van der Waals surface area contributed by atoms with Crippen LogP contribution >= 0.6 is 15.9 Å². The summed E-state index contributed by atoms with van der Waals surface area (Å²) in [6.45, 7) is 5.10. The van der Waals surface area contributed by atoms with Crippen LogP contribution in [0.2, 0.25) is 0 Å². The van der Waals surface area contributed by atoms with Gasteiger partial charge in [-0.05, 0) is 25.5 Å². The second-order valence-electron chi connectivity index (χ2n) is 6.40. The summed E-state index contributed by atoms with van der Waals surface area (Å²) >= 11 is 3.27. The van der Waals surface area contributed by atoms with E-state index >= 15 is 0 Å². The number of halogens is 1. The molecule has 2 aromatic rings. The lowest BCUT2D eigenvalue weighted by Gasteiger charge is -2.30. The lowest BCUT2D eigenvalue weighted by molar-refractivity contribution is -0.384. The normalized spacial score (nSPS) is 19.7. The van der Waals surface area contributed by atoms with Gasteiger partial charge in [0, 0.05) is 23.1 Å². The Hall–Kier alpha value is -2.26. The average molecular weight is 438 g/mol. The van der Waals surface area contributed by atoms with Crippen LogP contribution in [-0.4, -0.2) is 40.5 Å². The number of rotatable bonds is 5. The summed E-state index contributed by atoms with van der Waals surface area (Å²) in [5, 5.41) is 16.1. The van der Waals surface area contributed by atoms with Crippen molar-refractivity contribution in [2.75, 3.05) is 19.8 Å². The summed E-state index contributed by atoms with van der Waals surface area (Å²) in [5.74, 6) is -0.391. The first-order chi connectivity index (χ1) is 12.9. The Bertz CT molecular complexity index is 867. The zero-order chi connectivity index (χ0) is 19.6. The molecule has 2 atom stereocenters. The molecule has 144 valence electrons. The largest absolute Gasteiger partial charge is 0.462 e. The predicted molar refractivity (Wildman–Crippen MR) is 102 cm³/mol. The van der Waals surface area contributed by atoms with Gasteiger partial charge in [-0.2, -0.15) is 5.10 Å². The molecule has 1 aliphatic rings. The minimum Gasteiger partial charge on any atom is -0.462 e. The van der Waals surface area contributed by atoms with Gasteiger partial charge in [0.15, 0.2) is 0 Å². The monoisotopic (exact) mass is 437 g/mol. The van der Waals surface area contributed by atoms with Gasteiger partial charge in [0.1, 0.15) is 5.56 Å². The van der Waals surface area contributed by atoms with Crippen LogP contribution in [0.15, 0.2) is 28.9 Å². The van der Waals surface area contributed by atoms with Crippen LogP contribution in [-0.2, 0) is 9.47 Å². The number of hydrogen-bond acceptors (Lipinski definition) is 6. The van der Waals surface area contributed by atoms with Gasteiger partial charge in [0.05, 0.1) is 41.6 Å². The highest BCUT2D eigenvalue weighted by Gasteiger charge is 2.32. The molecule has 0 saturated carbocycles. The molecule has 0 bridgehead atoms. The minimum absolute atomic E-state index is 0.0276. The average Bonchev–Trinajstić information content (AvgIpc) is 3.07. The topological polar surface area (TPSA) is 96.5 Å². The van der Waals surface area contributed by atoms with Gasteiger partial charge in [-0.1, -0.05) is 22.9 Å². The quantitative estimate of drug-likeness (QED) is 0.398. The van der Waals surface area contributed by atoms with Crippen molar-refractivity contribution in [3.8, 4) is 11.3 Å². The zero-order valence-corrected chi connectivity index (χ0v) is 16.6. The highest BCUT2D eigenvalue weighted by atomic mass is 79.9. The minimum atomic E-state index is -0.546. The van der Waals surface area contributed by atoms with E-state index in [1.54, 1.807) is 23.7 Å². The molecule has 27 heavy (non-hydrogen) atoms. The first kappa shape index (κ1) is 19.5.